The van der Waals surface area contributed by atoms with E-state index >= 15 is 0 Å². The number of hydrogen-bond donors (Lipinski definition) is 1. The van der Waals surface area contributed by atoms with E-state index in [1.165, 1.54) is 11.1 Å². The molecule has 0 saturated carbocycles. The van der Waals surface area contributed by atoms with Crippen molar-refractivity contribution in [2.24, 2.45) is 0 Å². The van der Waals surface area contributed by atoms with Crippen molar-refractivity contribution >= 4 is 16.7 Å². The fourth-order valence-corrected chi connectivity index (χ4v) is 3.19. The van der Waals surface area contributed by atoms with E-state index in [-0.39, 0.29) is 0 Å². The Bertz CT molecular complexity index is 1010. The van der Waals surface area contributed by atoms with Crippen LogP contribution in [0.15, 0.2) is 66.7 Å². The van der Waals surface area contributed by atoms with Gasteiger partial charge in [0.2, 0.25) is 0 Å². The number of aromatic nitrogens is 2. The molecule has 2 N–H and O–H groups in total. The van der Waals surface area contributed by atoms with Gasteiger partial charge < -0.3 is 5.73 Å². The first-order chi connectivity index (χ1) is 11.6. The predicted octanol–water partition coefficient (Wildman–Crippen LogP) is 4.89. The molecular formula is C21H19N3. The number of aryl methyl sites for hydroxylation is 2. The van der Waals surface area contributed by atoms with Crippen LogP contribution < -0.4 is 5.73 Å². The van der Waals surface area contributed by atoms with Gasteiger partial charge in [0.15, 0.2) is 0 Å². The fraction of sp³-hybridized carbons (Fsp3) is 0.0952. The number of hydrogen-bond acceptors (Lipinski definition) is 2. The molecule has 3 aromatic carbocycles. The smallest absolute Gasteiger partial charge is 0.145 e. The van der Waals surface area contributed by atoms with Gasteiger partial charge >= 0.3 is 0 Å². The molecule has 1 aromatic heterocycles. The fourth-order valence-electron chi connectivity index (χ4n) is 3.19. The second kappa shape index (κ2) is 5.53. The van der Waals surface area contributed by atoms with Gasteiger partial charge in [-0.3, -0.25) is 4.57 Å². The van der Waals surface area contributed by atoms with E-state index in [1.54, 1.807) is 0 Å². The number of nitrogens with zero attached hydrogens (tertiary/aromatic N) is 2. The number of nitrogens with two attached hydrogens (primary N) is 1. The summed E-state index contributed by atoms with van der Waals surface area (Å²) in [5, 5.41) is 0. The number of fused-ring (bicyclic) bond motifs is 1. The number of anilines is 1. The third-order valence-corrected chi connectivity index (χ3v) is 4.19. The molecule has 3 heteroatoms. The lowest BCUT2D eigenvalue weighted by molar-refractivity contribution is 1.09. The van der Waals surface area contributed by atoms with Crippen LogP contribution in [0, 0.1) is 13.8 Å². The molecule has 3 nitrogen and oxygen atoms in total. The van der Waals surface area contributed by atoms with Crippen LogP contribution in [0.2, 0.25) is 0 Å². The molecule has 4 rings (SSSR count). The van der Waals surface area contributed by atoms with Gasteiger partial charge in [0.25, 0.3) is 0 Å². The van der Waals surface area contributed by atoms with E-state index in [1.807, 2.05) is 30.3 Å². The van der Waals surface area contributed by atoms with Crippen molar-refractivity contribution in [3.8, 4) is 17.1 Å². The van der Waals surface area contributed by atoms with Gasteiger partial charge in [-0.1, -0.05) is 18.2 Å². The maximum atomic E-state index is 5.84. The Morgan fingerprint density at radius 2 is 1.50 bits per heavy atom. The topological polar surface area (TPSA) is 43.8 Å². The summed E-state index contributed by atoms with van der Waals surface area (Å²) in [6.07, 6.45) is 0. The van der Waals surface area contributed by atoms with Crippen LogP contribution >= 0.6 is 0 Å². The molecule has 0 aliphatic rings. The van der Waals surface area contributed by atoms with Crippen molar-refractivity contribution in [2.75, 3.05) is 5.73 Å². The van der Waals surface area contributed by atoms with Crippen LogP contribution in [-0.4, -0.2) is 9.55 Å². The van der Waals surface area contributed by atoms with Crippen LogP contribution in [0.1, 0.15) is 11.1 Å². The number of para-hydroxylation sites is 2. The summed E-state index contributed by atoms with van der Waals surface area (Å²) in [4.78, 5) is 4.87. The minimum Gasteiger partial charge on any atom is -0.399 e. The Morgan fingerprint density at radius 3 is 2.21 bits per heavy atom. The van der Waals surface area contributed by atoms with E-state index in [2.05, 4.69) is 54.8 Å². The molecule has 0 atom stereocenters. The number of nitrogen functional groups attached to an aromatic ring is 1. The summed E-state index contributed by atoms with van der Waals surface area (Å²) in [5.74, 6) is 0.932. The summed E-state index contributed by atoms with van der Waals surface area (Å²) >= 11 is 0. The standard InChI is InChI=1S/C21H19N3/c1-14-11-15(2)13-18(12-14)24-20-6-4-3-5-19(20)23-21(24)16-7-9-17(22)10-8-16/h3-13H,22H2,1-2H3. The molecule has 0 amide bonds. The second-order valence-electron chi connectivity index (χ2n) is 6.23. The highest BCUT2D eigenvalue weighted by molar-refractivity contribution is 5.83. The first-order valence-corrected chi connectivity index (χ1v) is 8.04. The third kappa shape index (κ3) is 2.44. The van der Waals surface area contributed by atoms with Gasteiger partial charge in [0.05, 0.1) is 11.0 Å². The SMILES string of the molecule is Cc1cc(C)cc(-n2c(-c3ccc(N)cc3)nc3ccccc32)c1. The van der Waals surface area contributed by atoms with E-state index in [4.69, 9.17) is 10.7 Å². The lowest BCUT2D eigenvalue weighted by Crippen LogP contribution is -1.99. The maximum absolute atomic E-state index is 5.84. The predicted molar refractivity (Wildman–Crippen MR) is 100 cm³/mol. The quantitative estimate of drug-likeness (QED) is 0.535. The normalized spacial score (nSPS) is 11.1. The average Bonchev–Trinajstić information content (AvgIpc) is 2.94. The van der Waals surface area contributed by atoms with E-state index in [0.717, 1.165) is 33.8 Å². The average molecular weight is 313 g/mol. The minimum absolute atomic E-state index is 0.757. The molecule has 0 fully saturated rings. The monoisotopic (exact) mass is 313 g/mol. The van der Waals surface area contributed by atoms with Gasteiger partial charge in [0.1, 0.15) is 5.82 Å². The zero-order valence-corrected chi connectivity index (χ0v) is 13.8. The molecule has 0 unspecified atom stereocenters. The van der Waals surface area contributed by atoms with Crippen molar-refractivity contribution in [1.82, 2.24) is 9.55 Å². The van der Waals surface area contributed by atoms with E-state index in [9.17, 15) is 0 Å². The molecule has 0 saturated heterocycles. The molecule has 4 aromatic rings. The summed E-state index contributed by atoms with van der Waals surface area (Å²) < 4.78 is 2.22. The lowest BCUT2D eigenvalue weighted by Gasteiger charge is -2.12. The molecule has 1 heterocycles. The Balaban J connectivity index is 2.05. The lowest BCUT2D eigenvalue weighted by atomic mass is 10.1. The molecule has 118 valence electrons. The molecule has 0 bridgehead atoms. The number of rotatable bonds is 2. The molecule has 0 aliphatic carbocycles. The highest BCUT2D eigenvalue weighted by atomic mass is 15.1. The van der Waals surface area contributed by atoms with Crippen LogP contribution in [0.4, 0.5) is 5.69 Å². The van der Waals surface area contributed by atoms with Gasteiger partial charge in [-0.25, -0.2) is 4.98 Å². The summed E-state index contributed by atoms with van der Waals surface area (Å²) in [5.41, 5.74) is 13.4. The maximum Gasteiger partial charge on any atom is 0.145 e. The van der Waals surface area contributed by atoms with E-state index < -0.39 is 0 Å². The summed E-state index contributed by atoms with van der Waals surface area (Å²) in [6, 6.07) is 22.7. The molecular weight excluding hydrogens is 294 g/mol. The van der Waals surface area contributed by atoms with Crippen molar-refractivity contribution in [1.29, 1.82) is 0 Å². The molecule has 0 spiro atoms. The Morgan fingerprint density at radius 1 is 0.833 bits per heavy atom. The van der Waals surface area contributed by atoms with Crippen molar-refractivity contribution in [2.45, 2.75) is 13.8 Å². The largest absolute Gasteiger partial charge is 0.399 e. The van der Waals surface area contributed by atoms with Crippen LogP contribution in [0.5, 0.6) is 0 Å². The third-order valence-electron chi connectivity index (χ3n) is 4.19. The van der Waals surface area contributed by atoms with Crippen molar-refractivity contribution in [3.05, 3.63) is 77.9 Å². The Kier molecular flexibility index (Phi) is 3.35. The zero-order valence-electron chi connectivity index (χ0n) is 13.8. The summed E-state index contributed by atoms with van der Waals surface area (Å²) in [7, 11) is 0. The summed E-state index contributed by atoms with van der Waals surface area (Å²) in [6.45, 7) is 4.25. The highest BCUT2D eigenvalue weighted by Crippen LogP contribution is 2.29. The molecule has 0 aliphatic heterocycles. The van der Waals surface area contributed by atoms with Crippen LogP contribution in [0.3, 0.4) is 0 Å². The Hall–Kier alpha value is -3.07. The van der Waals surface area contributed by atoms with E-state index in [0.29, 0.717) is 0 Å². The second-order valence-corrected chi connectivity index (χ2v) is 6.23. The zero-order chi connectivity index (χ0) is 16.7. The van der Waals surface area contributed by atoms with Gasteiger partial charge in [0, 0.05) is 16.9 Å². The number of benzene rings is 3. The van der Waals surface area contributed by atoms with Crippen molar-refractivity contribution < 1.29 is 0 Å². The first-order valence-electron chi connectivity index (χ1n) is 8.04. The Labute approximate surface area is 141 Å². The van der Waals surface area contributed by atoms with Gasteiger partial charge in [-0.15, -0.1) is 0 Å². The van der Waals surface area contributed by atoms with Gasteiger partial charge in [-0.2, -0.15) is 0 Å². The molecule has 0 radical (unpaired) electrons. The highest BCUT2D eigenvalue weighted by Gasteiger charge is 2.14. The van der Waals surface area contributed by atoms with Crippen molar-refractivity contribution in [3.63, 3.8) is 0 Å². The number of imidazole rings is 1. The minimum atomic E-state index is 0.757. The van der Waals surface area contributed by atoms with Crippen LogP contribution in [0.25, 0.3) is 28.1 Å². The first kappa shape index (κ1) is 14.5. The van der Waals surface area contributed by atoms with Gasteiger partial charge in [-0.05, 0) is 73.5 Å². The molecule has 24 heavy (non-hydrogen) atoms. The van der Waals surface area contributed by atoms with Crippen LogP contribution in [-0.2, 0) is 0 Å².